The minimum Gasteiger partial charge on any atom is -0.507 e. The molecule has 0 spiro atoms. The third-order valence-corrected chi connectivity index (χ3v) is 8.43. The van der Waals surface area contributed by atoms with E-state index >= 15 is 0 Å². The number of thiazole rings is 1. The summed E-state index contributed by atoms with van der Waals surface area (Å²) in [6, 6.07) is 8.46. The van der Waals surface area contributed by atoms with E-state index in [1.807, 2.05) is 37.3 Å². The Balaban J connectivity index is 2.04. The van der Waals surface area contributed by atoms with Crippen LogP contribution in [-0.2, 0) is 20.4 Å². The van der Waals surface area contributed by atoms with Crippen molar-refractivity contribution in [2.75, 3.05) is 20.8 Å². The lowest BCUT2D eigenvalue weighted by Gasteiger charge is -2.27. The average molecular weight is 607 g/mol. The van der Waals surface area contributed by atoms with Crippen molar-refractivity contribution in [2.45, 2.75) is 78.7 Å². The number of carbonyl (C=O) groups is 1. The molecule has 0 saturated heterocycles. The molecule has 2 heterocycles. The maximum atomic E-state index is 14.3. The van der Waals surface area contributed by atoms with E-state index in [2.05, 4.69) is 46.5 Å². The predicted octanol–water partition coefficient (Wildman–Crippen LogP) is 5.51. The number of nitrogens with zero attached hydrogens (tertiary/aromatic N) is 2. The molecular weight excluding hydrogens is 564 g/mol. The summed E-state index contributed by atoms with van der Waals surface area (Å²) in [4.78, 5) is 32.6. The fourth-order valence-corrected chi connectivity index (χ4v) is 6.34. The second-order valence-corrected chi connectivity index (χ2v) is 13.8. The Morgan fingerprint density at radius 3 is 2.26 bits per heavy atom. The van der Waals surface area contributed by atoms with E-state index in [0.717, 1.165) is 23.1 Å². The van der Waals surface area contributed by atoms with Crippen molar-refractivity contribution >= 4 is 23.4 Å². The van der Waals surface area contributed by atoms with Gasteiger partial charge in [-0.3, -0.25) is 9.36 Å². The number of hydrogen-bond donors (Lipinski definition) is 1. The van der Waals surface area contributed by atoms with Crippen LogP contribution in [0.15, 0.2) is 51.4 Å². The smallest absolute Gasteiger partial charge is 0.338 e. The van der Waals surface area contributed by atoms with E-state index in [-0.39, 0.29) is 27.7 Å². The van der Waals surface area contributed by atoms with Gasteiger partial charge in [0.1, 0.15) is 11.8 Å². The SMILES string of the molecule is CCCOc1c(OC)cccc1[C@H]1C(C(=O)OC)=C(C)N=c2s/c(=C/c3cc(C(C)(C)C)c(O)c(C(C)(C)C)c3)c(=O)n21. The predicted molar refractivity (Wildman–Crippen MR) is 170 cm³/mol. The summed E-state index contributed by atoms with van der Waals surface area (Å²) in [6.07, 6.45) is 2.60. The van der Waals surface area contributed by atoms with Gasteiger partial charge in [-0.2, -0.15) is 0 Å². The van der Waals surface area contributed by atoms with Crippen LogP contribution in [0.5, 0.6) is 17.2 Å². The Hall–Kier alpha value is -3.85. The number of fused-ring (bicyclic) bond motifs is 1. The number of allylic oxidation sites excluding steroid dienone is 1. The number of para-hydroxylation sites is 1. The lowest BCUT2D eigenvalue weighted by molar-refractivity contribution is -0.136. The third kappa shape index (κ3) is 6.13. The van der Waals surface area contributed by atoms with Crippen LogP contribution in [0, 0.1) is 0 Å². The molecular formula is C34H42N2O6S. The zero-order chi connectivity index (χ0) is 31.9. The second kappa shape index (κ2) is 12.0. The Morgan fingerprint density at radius 2 is 1.72 bits per heavy atom. The summed E-state index contributed by atoms with van der Waals surface area (Å²) in [6.45, 7) is 16.5. The van der Waals surface area contributed by atoms with Crippen molar-refractivity contribution in [3.63, 3.8) is 0 Å². The lowest BCUT2D eigenvalue weighted by atomic mass is 9.78. The summed E-state index contributed by atoms with van der Waals surface area (Å²) in [5.41, 5.74) is 2.77. The molecule has 8 nitrogen and oxygen atoms in total. The monoisotopic (exact) mass is 606 g/mol. The number of rotatable bonds is 7. The van der Waals surface area contributed by atoms with E-state index in [1.165, 1.54) is 18.4 Å². The fraction of sp³-hybridized carbons (Fsp3) is 0.441. The number of aromatic hydroxyl groups is 1. The molecule has 0 radical (unpaired) electrons. The number of methoxy groups -OCH3 is 2. The molecule has 0 bridgehead atoms. The van der Waals surface area contributed by atoms with Crippen LogP contribution >= 0.6 is 11.3 Å². The number of aromatic nitrogens is 1. The maximum absolute atomic E-state index is 14.3. The zero-order valence-electron chi connectivity index (χ0n) is 26.7. The van der Waals surface area contributed by atoms with Crippen molar-refractivity contribution in [3.05, 3.63) is 83.5 Å². The van der Waals surface area contributed by atoms with E-state index in [1.54, 1.807) is 24.7 Å². The van der Waals surface area contributed by atoms with Gasteiger partial charge < -0.3 is 19.3 Å². The molecule has 1 N–H and O–H groups in total. The zero-order valence-corrected chi connectivity index (χ0v) is 27.6. The van der Waals surface area contributed by atoms with Crippen LogP contribution < -0.4 is 24.4 Å². The first-order chi connectivity index (χ1) is 20.1. The van der Waals surface area contributed by atoms with Gasteiger partial charge in [0.25, 0.3) is 5.56 Å². The summed E-state index contributed by atoms with van der Waals surface area (Å²) >= 11 is 1.25. The van der Waals surface area contributed by atoms with Crippen LogP contribution in [0.2, 0.25) is 0 Å². The van der Waals surface area contributed by atoms with Crippen molar-refractivity contribution in [3.8, 4) is 17.2 Å². The highest BCUT2D eigenvalue weighted by molar-refractivity contribution is 7.07. The van der Waals surface area contributed by atoms with Crippen LogP contribution in [0.25, 0.3) is 6.08 Å². The van der Waals surface area contributed by atoms with Gasteiger partial charge in [0.05, 0.1) is 36.6 Å². The molecule has 9 heteroatoms. The van der Waals surface area contributed by atoms with Crippen LogP contribution in [-0.4, -0.2) is 36.5 Å². The van der Waals surface area contributed by atoms with Gasteiger partial charge in [0, 0.05) is 16.7 Å². The fourth-order valence-electron chi connectivity index (χ4n) is 5.29. The van der Waals surface area contributed by atoms with Crippen molar-refractivity contribution in [2.24, 2.45) is 4.99 Å². The van der Waals surface area contributed by atoms with E-state index < -0.39 is 12.0 Å². The normalized spacial score (nSPS) is 15.7. The number of phenolic OH excluding ortho intramolecular Hbond substituents is 1. The molecule has 1 aliphatic rings. The summed E-state index contributed by atoms with van der Waals surface area (Å²) in [7, 11) is 2.87. The van der Waals surface area contributed by atoms with E-state index in [9.17, 15) is 14.7 Å². The highest BCUT2D eigenvalue weighted by Gasteiger charge is 2.36. The maximum Gasteiger partial charge on any atom is 0.338 e. The van der Waals surface area contributed by atoms with Gasteiger partial charge in [0.2, 0.25) is 0 Å². The molecule has 0 fully saturated rings. The summed E-state index contributed by atoms with van der Waals surface area (Å²) in [5.74, 6) is 0.661. The molecule has 230 valence electrons. The Morgan fingerprint density at radius 1 is 1.09 bits per heavy atom. The molecule has 0 unspecified atom stereocenters. The van der Waals surface area contributed by atoms with Gasteiger partial charge in [-0.05, 0) is 54.0 Å². The third-order valence-electron chi connectivity index (χ3n) is 7.45. The quantitative estimate of drug-likeness (QED) is 0.357. The van der Waals surface area contributed by atoms with Gasteiger partial charge >= 0.3 is 5.97 Å². The summed E-state index contributed by atoms with van der Waals surface area (Å²) in [5, 5.41) is 11.2. The molecule has 1 atom stereocenters. The highest BCUT2D eigenvalue weighted by Crippen LogP contribution is 2.42. The molecule has 0 aliphatic carbocycles. The van der Waals surface area contributed by atoms with Gasteiger partial charge in [-0.25, -0.2) is 9.79 Å². The van der Waals surface area contributed by atoms with E-state index in [4.69, 9.17) is 14.2 Å². The first kappa shape index (κ1) is 32.1. The van der Waals surface area contributed by atoms with Gasteiger partial charge in [-0.1, -0.05) is 71.9 Å². The first-order valence-corrected chi connectivity index (χ1v) is 15.2. The second-order valence-electron chi connectivity index (χ2n) is 12.8. The van der Waals surface area contributed by atoms with Gasteiger partial charge in [0.15, 0.2) is 16.3 Å². The Bertz CT molecular complexity index is 1730. The molecule has 43 heavy (non-hydrogen) atoms. The number of carbonyl (C=O) groups excluding carboxylic acids is 1. The van der Waals surface area contributed by atoms with Crippen molar-refractivity contribution in [1.82, 2.24) is 4.57 Å². The van der Waals surface area contributed by atoms with Crippen LogP contribution in [0.1, 0.15) is 90.1 Å². The molecule has 1 aromatic heterocycles. The number of benzene rings is 2. The standard InChI is InChI=1S/C34H42N2O6S/c1-11-15-42-29-21(13-12-14-24(29)40-9)27-26(31(39)41-10)19(2)35-32-36(27)30(38)25(43-32)18-20-16-22(33(3,4)5)28(37)23(17-20)34(6,7)8/h12-14,16-18,27,37H,11,15H2,1-10H3/b25-18+/t27-/m0/s1. The largest absolute Gasteiger partial charge is 0.507 e. The lowest BCUT2D eigenvalue weighted by Crippen LogP contribution is -2.40. The minimum atomic E-state index is -0.845. The van der Waals surface area contributed by atoms with E-state index in [0.29, 0.717) is 38.7 Å². The molecule has 2 aromatic carbocycles. The summed E-state index contributed by atoms with van der Waals surface area (Å²) < 4.78 is 18.9. The number of ether oxygens (including phenoxy) is 3. The molecule has 3 aromatic rings. The van der Waals surface area contributed by atoms with Crippen molar-refractivity contribution < 1.29 is 24.1 Å². The molecule has 1 aliphatic heterocycles. The minimum absolute atomic E-state index is 0.255. The Kier molecular flexibility index (Phi) is 8.97. The number of phenols is 1. The topological polar surface area (TPSA) is 99.4 Å². The Labute approximate surface area is 257 Å². The molecule has 0 saturated carbocycles. The van der Waals surface area contributed by atoms with Crippen LogP contribution in [0.3, 0.4) is 0 Å². The highest BCUT2D eigenvalue weighted by atomic mass is 32.1. The molecule has 4 rings (SSSR count). The average Bonchev–Trinajstić information content (AvgIpc) is 3.23. The van der Waals surface area contributed by atoms with Crippen LogP contribution in [0.4, 0.5) is 0 Å². The number of hydrogen-bond acceptors (Lipinski definition) is 8. The first-order valence-electron chi connectivity index (χ1n) is 14.4. The van der Waals surface area contributed by atoms with Crippen molar-refractivity contribution in [1.29, 1.82) is 0 Å². The van der Waals surface area contributed by atoms with Gasteiger partial charge in [-0.15, -0.1) is 0 Å². The molecule has 0 amide bonds. The number of esters is 1.